The second-order valence-corrected chi connectivity index (χ2v) is 7.50. The maximum Gasteiger partial charge on any atom is 0.223 e. The third kappa shape index (κ3) is 4.64. The van der Waals surface area contributed by atoms with Crippen LogP contribution in [-0.2, 0) is 4.79 Å². The molecule has 1 saturated heterocycles. The molecule has 2 aromatic carbocycles. The summed E-state index contributed by atoms with van der Waals surface area (Å²) in [4.78, 5) is 29.6. The second-order valence-electron chi connectivity index (χ2n) is 7.50. The molecule has 0 aromatic heterocycles. The van der Waals surface area contributed by atoms with E-state index >= 15 is 0 Å². The van der Waals surface area contributed by atoms with Gasteiger partial charge < -0.3 is 9.80 Å². The number of nitrogens with zero attached hydrogens (tertiary/aromatic N) is 2. The number of piperazine rings is 1. The molecule has 0 radical (unpaired) electrons. The van der Waals surface area contributed by atoms with E-state index in [0.717, 1.165) is 24.2 Å². The van der Waals surface area contributed by atoms with Crippen LogP contribution < -0.4 is 0 Å². The Morgan fingerprint density at radius 3 is 2.41 bits per heavy atom. The summed E-state index contributed by atoms with van der Waals surface area (Å²) < 4.78 is 0. The predicted molar refractivity (Wildman–Crippen MR) is 108 cm³/mol. The number of rotatable bonds is 5. The largest absolute Gasteiger partial charge is 0.333 e. The lowest BCUT2D eigenvalue weighted by Crippen LogP contribution is -2.49. The van der Waals surface area contributed by atoms with E-state index in [4.69, 9.17) is 0 Å². The normalized spacial score (nSPS) is 17.7. The molecule has 0 bridgehead atoms. The van der Waals surface area contributed by atoms with Crippen molar-refractivity contribution in [1.29, 1.82) is 0 Å². The minimum Gasteiger partial charge on any atom is -0.333 e. The minimum atomic E-state index is 0.0387. The predicted octanol–water partition coefficient (Wildman–Crippen LogP) is 3.78. The van der Waals surface area contributed by atoms with Gasteiger partial charge >= 0.3 is 0 Å². The van der Waals surface area contributed by atoms with E-state index in [1.54, 1.807) is 0 Å². The molecule has 1 atom stereocenters. The molecule has 1 heterocycles. The average molecular weight is 364 g/mol. The van der Waals surface area contributed by atoms with E-state index < -0.39 is 0 Å². The quantitative estimate of drug-likeness (QED) is 0.758. The molecule has 142 valence electrons. The molecule has 1 fully saturated rings. The van der Waals surface area contributed by atoms with Gasteiger partial charge in [-0.3, -0.25) is 9.59 Å². The number of Topliss-reactive ketones (excluding diaryl/α,β-unsaturated/α-hetero) is 1. The Morgan fingerprint density at radius 2 is 1.70 bits per heavy atom. The fourth-order valence-electron chi connectivity index (χ4n) is 3.60. The number of hydrogen-bond acceptors (Lipinski definition) is 3. The van der Waals surface area contributed by atoms with Gasteiger partial charge in [-0.2, -0.15) is 0 Å². The number of hydrogen-bond donors (Lipinski definition) is 0. The molecule has 1 aliphatic heterocycles. The van der Waals surface area contributed by atoms with Crippen molar-refractivity contribution in [3.8, 4) is 0 Å². The van der Waals surface area contributed by atoms with Gasteiger partial charge in [0.1, 0.15) is 0 Å². The highest BCUT2D eigenvalue weighted by molar-refractivity contribution is 5.98. The molecule has 0 aliphatic carbocycles. The number of amides is 1. The third-order valence-electron chi connectivity index (χ3n) is 5.48. The van der Waals surface area contributed by atoms with Crippen LogP contribution in [-0.4, -0.2) is 48.2 Å². The molecule has 0 saturated carbocycles. The summed E-state index contributed by atoms with van der Waals surface area (Å²) in [5, 5.41) is 0. The third-order valence-corrected chi connectivity index (χ3v) is 5.48. The van der Waals surface area contributed by atoms with E-state index in [-0.39, 0.29) is 30.6 Å². The van der Waals surface area contributed by atoms with E-state index in [9.17, 15) is 9.59 Å². The van der Waals surface area contributed by atoms with E-state index in [2.05, 4.69) is 24.1 Å². The van der Waals surface area contributed by atoms with Crippen LogP contribution in [0.2, 0.25) is 0 Å². The Kier molecular flexibility index (Phi) is 6.07. The summed E-state index contributed by atoms with van der Waals surface area (Å²) in [6, 6.07) is 16.0. The number of carbonyl (C=O) groups is 2. The number of aryl methyl sites for hydroxylation is 2. The van der Waals surface area contributed by atoms with E-state index in [1.807, 2.05) is 55.1 Å². The lowest BCUT2D eigenvalue weighted by atomic mass is 9.99. The number of benzene rings is 2. The maximum absolute atomic E-state index is 12.9. The van der Waals surface area contributed by atoms with Gasteiger partial charge in [-0.1, -0.05) is 42.5 Å². The Labute approximate surface area is 161 Å². The zero-order valence-corrected chi connectivity index (χ0v) is 16.4. The van der Waals surface area contributed by atoms with Crippen molar-refractivity contribution in [1.82, 2.24) is 9.80 Å². The minimum absolute atomic E-state index is 0.0387. The van der Waals surface area contributed by atoms with Crippen molar-refractivity contribution in [2.45, 2.75) is 32.7 Å². The molecule has 0 N–H and O–H groups in total. The van der Waals surface area contributed by atoms with Crippen molar-refractivity contribution < 1.29 is 9.59 Å². The summed E-state index contributed by atoms with van der Waals surface area (Å²) in [6.07, 6.45) is 0.522. The molecule has 4 heteroatoms. The highest BCUT2D eigenvalue weighted by Gasteiger charge is 2.30. The maximum atomic E-state index is 12.9. The Balaban J connectivity index is 1.66. The molecule has 27 heavy (non-hydrogen) atoms. The Morgan fingerprint density at radius 1 is 0.963 bits per heavy atom. The standard InChI is InChI=1S/C23H28N2O2/c1-17-9-10-20(15-18(17)2)22(26)11-12-23(27)25-14-13-24(3)16-21(25)19-7-5-4-6-8-19/h4-10,15,21H,11-14,16H2,1-3H3/t21-/m0/s1. The van der Waals surface area contributed by atoms with Gasteiger partial charge in [0.25, 0.3) is 0 Å². The summed E-state index contributed by atoms with van der Waals surface area (Å²) >= 11 is 0. The van der Waals surface area contributed by atoms with Gasteiger partial charge in [-0.15, -0.1) is 0 Å². The van der Waals surface area contributed by atoms with Gasteiger partial charge in [0.05, 0.1) is 6.04 Å². The topological polar surface area (TPSA) is 40.6 Å². The molecule has 4 nitrogen and oxygen atoms in total. The van der Waals surface area contributed by atoms with Gasteiger partial charge in [0.15, 0.2) is 5.78 Å². The van der Waals surface area contributed by atoms with Crippen LogP contribution in [0.15, 0.2) is 48.5 Å². The molecule has 0 unspecified atom stereocenters. The van der Waals surface area contributed by atoms with Crippen LogP contribution in [0, 0.1) is 13.8 Å². The van der Waals surface area contributed by atoms with E-state index in [1.165, 1.54) is 5.56 Å². The first-order valence-corrected chi connectivity index (χ1v) is 9.59. The molecule has 3 rings (SSSR count). The summed E-state index contributed by atoms with van der Waals surface area (Å²) in [5.41, 5.74) is 4.13. The number of likely N-dealkylation sites (N-methyl/N-ethyl adjacent to an activating group) is 1. The lowest BCUT2D eigenvalue weighted by molar-refractivity contribution is -0.136. The van der Waals surface area contributed by atoms with Crippen molar-refractivity contribution >= 4 is 11.7 Å². The average Bonchev–Trinajstić information content (AvgIpc) is 2.68. The fourth-order valence-corrected chi connectivity index (χ4v) is 3.60. The van der Waals surface area contributed by atoms with Crippen molar-refractivity contribution in [3.63, 3.8) is 0 Å². The monoisotopic (exact) mass is 364 g/mol. The lowest BCUT2D eigenvalue weighted by Gasteiger charge is -2.40. The molecular formula is C23H28N2O2. The van der Waals surface area contributed by atoms with Gasteiger partial charge in [-0.25, -0.2) is 0 Å². The number of ketones is 1. The van der Waals surface area contributed by atoms with Gasteiger partial charge in [0.2, 0.25) is 5.91 Å². The molecule has 1 amide bonds. The van der Waals surface area contributed by atoms with Crippen LogP contribution in [0.1, 0.15) is 45.9 Å². The summed E-state index contributed by atoms with van der Waals surface area (Å²) in [5.74, 6) is 0.103. The zero-order valence-electron chi connectivity index (χ0n) is 16.4. The first-order chi connectivity index (χ1) is 13.0. The molecule has 2 aromatic rings. The Bertz CT molecular complexity index is 816. The van der Waals surface area contributed by atoms with Crippen molar-refractivity contribution in [3.05, 3.63) is 70.8 Å². The SMILES string of the molecule is Cc1ccc(C(=O)CCC(=O)N2CCN(C)C[C@H]2c2ccccc2)cc1C. The number of carbonyl (C=O) groups excluding carboxylic acids is 2. The summed E-state index contributed by atoms with van der Waals surface area (Å²) in [7, 11) is 2.08. The van der Waals surface area contributed by atoms with Gasteiger partial charge in [-0.05, 0) is 43.7 Å². The first kappa shape index (κ1) is 19.3. The van der Waals surface area contributed by atoms with Crippen LogP contribution in [0.25, 0.3) is 0 Å². The Hall–Kier alpha value is -2.46. The van der Waals surface area contributed by atoms with Crippen LogP contribution >= 0.6 is 0 Å². The zero-order chi connectivity index (χ0) is 19.4. The fraction of sp³-hybridized carbons (Fsp3) is 0.391. The molecular weight excluding hydrogens is 336 g/mol. The highest BCUT2D eigenvalue weighted by atomic mass is 16.2. The smallest absolute Gasteiger partial charge is 0.223 e. The van der Waals surface area contributed by atoms with E-state index in [0.29, 0.717) is 12.1 Å². The van der Waals surface area contributed by atoms with Crippen LogP contribution in [0.5, 0.6) is 0 Å². The van der Waals surface area contributed by atoms with Gasteiger partial charge in [0, 0.05) is 38.0 Å². The van der Waals surface area contributed by atoms with Crippen molar-refractivity contribution in [2.75, 3.05) is 26.7 Å². The first-order valence-electron chi connectivity index (χ1n) is 9.59. The highest BCUT2D eigenvalue weighted by Crippen LogP contribution is 2.26. The molecule has 1 aliphatic rings. The molecule has 0 spiro atoms. The second kappa shape index (κ2) is 8.49. The van der Waals surface area contributed by atoms with Crippen molar-refractivity contribution in [2.24, 2.45) is 0 Å². The van der Waals surface area contributed by atoms with Crippen LogP contribution in [0.4, 0.5) is 0 Å². The summed E-state index contributed by atoms with van der Waals surface area (Å²) in [6.45, 7) is 6.42. The van der Waals surface area contributed by atoms with Crippen LogP contribution in [0.3, 0.4) is 0 Å².